The number of ether oxygens (including phenoxy) is 1. The molecule has 3 N–H and O–H groups in total. The van der Waals surface area contributed by atoms with Crippen molar-refractivity contribution in [3.8, 4) is 0 Å². The third-order valence-electron chi connectivity index (χ3n) is 6.11. The minimum atomic E-state index is -0.441. The first-order chi connectivity index (χ1) is 17.5. The van der Waals surface area contributed by atoms with Gasteiger partial charge in [-0.2, -0.15) is 14.6 Å². The zero-order valence-electron chi connectivity index (χ0n) is 19.7. The number of fused-ring (bicyclic) bond motifs is 5. The molecule has 0 aliphatic carbocycles. The maximum atomic E-state index is 12.9. The normalized spacial score (nSPS) is 13.9. The van der Waals surface area contributed by atoms with Crippen LogP contribution in [0.3, 0.4) is 0 Å². The van der Waals surface area contributed by atoms with E-state index in [1.54, 1.807) is 6.92 Å². The number of H-pyrrole nitrogens is 2. The number of para-hydroxylation sites is 1. The fourth-order valence-electron chi connectivity index (χ4n) is 4.48. The molecule has 0 saturated carbocycles. The van der Waals surface area contributed by atoms with Crippen LogP contribution in [0.25, 0.3) is 27.8 Å². The highest BCUT2D eigenvalue weighted by Gasteiger charge is 2.28. The van der Waals surface area contributed by atoms with E-state index in [2.05, 4.69) is 40.5 Å². The molecule has 0 radical (unpaired) electrons. The summed E-state index contributed by atoms with van der Waals surface area (Å²) in [5.74, 6) is 0.00750. The highest BCUT2D eigenvalue weighted by atomic mass is 32.2. The summed E-state index contributed by atoms with van der Waals surface area (Å²) in [6.45, 7) is 3.51. The van der Waals surface area contributed by atoms with Crippen LogP contribution in [-0.4, -0.2) is 77.5 Å². The van der Waals surface area contributed by atoms with Gasteiger partial charge in [-0.1, -0.05) is 30.0 Å². The fourth-order valence-corrected chi connectivity index (χ4v) is 5.16. The van der Waals surface area contributed by atoms with Crippen molar-refractivity contribution in [2.24, 2.45) is 0 Å². The van der Waals surface area contributed by atoms with E-state index in [1.165, 1.54) is 16.3 Å². The van der Waals surface area contributed by atoms with Crippen LogP contribution in [0, 0.1) is 0 Å². The maximum Gasteiger partial charge on any atom is 0.342 e. The Kier molecular flexibility index (Phi) is 5.57. The molecule has 1 aliphatic rings. The van der Waals surface area contributed by atoms with E-state index in [-0.39, 0.29) is 18.3 Å². The Morgan fingerprint density at radius 2 is 2.08 bits per heavy atom. The van der Waals surface area contributed by atoms with Crippen molar-refractivity contribution < 1.29 is 14.3 Å². The number of nitrogens with zero attached hydrogens (tertiary/aromatic N) is 6. The molecule has 4 aromatic heterocycles. The number of benzene rings is 1. The van der Waals surface area contributed by atoms with Gasteiger partial charge < -0.3 is 24.9 Å². The zero-order valence-corrected chi connectivity index (χ0v) is 20.5. The second-order valence-electron chi connectivity index (χ2n) is 8.55. The van der Waals surface area contributed by atoms with Gasteiger partial charge in [-0.05, 0) is 32.0 Å². The van der Waals surface area contributed by atoms with Crippen molar-refractivity contribution in [3.05, 3.63) is 41.1 Å². The summed E-state index contributed by atoms with van der Waals surface area (Å²) >= 11 is 1.19. The van der Waals surface area contributed by atoms with Gasteiger partial charge in [0.05, 0.1) is 12.4 Å². The van der Waals surface area contributed by atoms with Crippen LogP contribution in [-0.2, 0) is 22.5 Å². The third-order valence-corrected chi connectivity index (χ3v) is 7.03. The van der Waals surface area contributed by atoms with Crippen LogP contribution in [0.15, 0.2) is 29.4 Å². The number of aromatic nitrogens is 7. The molecule has 12 nitrogen and oxygen atoms in total. The van der Waals surface area contributed by atoms with E-state index in [4.69, 9.17) is 4.74 Å². The minimum Gasteiger partial charge on any atom is -0.462 e. The lowest BCUT2D eigenvalue weighted by Gasteiger charge is -2.22. The number of esters is 1. The molecular formula is C23H23N9O3S. The van der Waals surface area contributed by atoms with Crippen molar-refractivity contribution in [3.63, 3.8) is 0 Å². The number of carbonyl (C=O) groups is 2. The quantitative estimate of drug-likeness (QED) is 0.234. The maximum absolute atomic E-state index is 12.9. The van der Waals surface area contributed by atoms with Crippen LogP contribution < -0.4 is 5.32 Å². The molecule has 184 valence electrons. The highest BCUT2D eigenvalue weighted by molar-refractivity contribution is 7.99. The van der Waals surface area contributed by atoms with Gasteiger partial charge in [-0.25, -0.2) is 4.79 Å². The molecule has 0 saturated heterocycles. The van der Waals surface area contributed by atoms with Gasteiger partial charge in [0.2, 0.25) is 11.1 Å². The van der Waals surface area contributed by atoms with Crippen molar-refractivity contribution in [2.45, 2.75) is 25.0 Å². The average Bonchev–Trinajstić information content (AvgIpc) is 3.53. The van der Waals surface area contributed by atoms with Crippen LogP contribution in [0.1, 0.15) is 28.5 Å². The first-order valence-electron chi connectivity index (χ1n) is 11.5. The Labute approximate surface area is 208 Å². The van der Waals surface area contributed by atoms with E-state index in [1.807, 2.05) is 31.3 Å². The summed E-state index contributed by atoms with van der Waals surface area (Å²) in [5, 5.41) is 17.2. The predicted octanol–water partition coefficient (Wildman–Crippen LogP) is 2.38. The molecule has 36 heavy (non-hydrogen) atoms. The SMILES string of the molecule is CCOC(=O)c1c(NC(=O)CSc2nnc3nc4[nH]c5ccccc5c4nn23)[nH]c2c1CCN(C)C2. The lowest BCUT2D eigenvalue weighted by Crippen LogP contribution is -2.27. The average molecular weight is 506 g/mol. The fraction of sp³-hybridized carbons (Fsp3) is 0.304. The Bertz CT molecular complexity index is 1640. The van der Waals surface area contributed by atoms with E-state index >= 15 is 0 Å². The number of aromatic amines is 2. The van der Waals surface area contributed by atoms with Gasteiger partial charge in [0, 0.05) is 29.7 Å². The van der Waals surface area contributed by atoms with E-state index in [0.29, 0.717) is 46.4 Å². The van der Waals surface area contributed by atoms with Crippen molar-refractivity contribution in [1.82, 2.24) is 39.7 Å². The Morgan fingerprint density at radius 3 is 2.94 bits per heavy atom. The topological polar surface area (TPSA) is 146 Å². The number of hydrogen-bond acceptors (Lipinski definition) is 9. The molecule has 1 amide bonds. The first-order valence-corrected chi connectivity index (χ1v) is 12.5. The Morgan fingerprint density at radius 1 is 1.22 bits per heavy atom. The summed E-state index contributed by atoms with van der Waals surface area (Å²) in [7, 11) is 2.01. The van der Waals surface area contributed by atoms with Crippen LogP contribution in [0.5, 0.6) is 0 Å². The molecule has 0 atom stereocenters. The highest BCUT2D eigenvalue weighted by Crippen LogP contribution is 2.29. The first kappa shape index (κ1) is 22.5. The number of likely N-dealkylation sites (N-methyl/N-ethyl adjacent to an activating group) is 1. The molecule has 1 aliphatic heterocycles. The van der Waals surface area contributed by atoms with Crippen molar-refractivity contribution in [2.75, 3.05) is 31.3 Å². The molecule has 0 unspecified atom stereocenters. The number of rotatable bonds is 6. The Balaban J connectivity index is 1.24. The number of nitrogens with one attached hydrogen (secondary N) is 3. The molecular weight excluding hydrogens is 482 g/mol. The molecule has 13 heteroatoms. The Hall–Kier alpha value is -3.97. The lowest BCUT2D eigenvalue weighted by molar-refractivity contribution is -0.113. The predicted molar refractivity (Wildman–Crippen MR) is 134 cm³/mol. The van der Waals surface area contributed by atoms with Gasteiger partial charge in [0.15, 0.2) is 5.65 Å². The molecule has 0 bridgehead atoms. The zero-order chi connectivity index (χ0) is 24.8. The standard InChI is InChI=1S/C23H23N9O3S/c1-3-35-21(34)17-12-8-9-31(2)10-15(12)25-19(17)26-16(33)11-36-23-29-28-22-27-20-18(30-32(22)23)13-6-4-5-7-14(13)24-20/h4-7,25H,3,8-11H2,1-2H3,(H,26,33)(H,24,27,28). The summed E-state index contributed by atoms with van der Waals surface area (Å²) in [4.78, 5) is 38.7. The van der Waals surface area contributed by atoms with E-state index in [9.17, 15) is 9.59 Å². The van der Waals surface area contributed by atoms with Crippen LogP contribution >= 0.6 is 11.8 Å². The minimum absolute atomic E-state index is 0.0419. The van der Waals surface area contributed by atoms with Crippen LogP contribution in [0.2, 0.25) is 0 Å². The molecule has 6 rings (SSSR count). The van der Waals surface area contributed by atoms with Crippen LogP contribution in [0.4, 0.5) is 5.82 Å². The van der Waals surface area contributed by atoms with Gasteiger partial charge in [-0.15, -0.1) is 10.2 Å². The monoisotopic (exact) mass is 505 g/mol. The number of hydrogen-bond donors (Lipinski definition) is 3. The summed E-state index contributed by atoms with van der Waals surface area (Å²) in [5.41, 5.74) is 4.47. The second kappa shape index (κ2) is 8.91. The summed E-state index contributed by atoms with van der Waals surface area (Å²) in [6, 6.07) is 7.81. The summed E-state index contributed by atoms with van der Waals surface area (Å²) < 4.78 is 6.79. The smallest absolute Gasteiger partial charge is 0.342 e. The molecule has 0 fully saturated rings. The number of thioether (sulfide) groups is 1. The largest absolute Gasteiger partial charge is 0.462 e. The van der Waals surface area contributed by atoms with Crippen molar-refractivity contribution >= 4 is 57.3 Å². The summed E-state index contributed by atoms with van der Waals surface area (Å²) in [6.07, 6.45) is 0.702. The molecule has 5 aromatic rings. The molecule has 1 aromatic carbocycles. The van der Waals surface area contributed by atoms with Crippen molar-refractivity contribution in [1.29, 1.82) is 0 Å². The molecule has 5 heterocycles. The number of anilines is 1. The second-order valence-corrected chi connectivity index (χ2v) is 9.49. The van der Waals surface area contributed by atoms with Gasteiger partial charge in [0.25, 0.3) is 5.78 Å². The molecule has 0 spiro atoms. The van der Waals surface area contributed by atoms with Gasteiger partial charge in [-0.3, -0.25) is 4.79 Å². The number of carbonyl (C=O) groups excluding carboxylic acids is 2. The third kappa shape index (κ3) is 3.85. The number of amides is 1. The van der Waals surface area contributed by atoms with E-state index < -0.39 is 5.97 Å². The van der Waals surface area contributed by atoms with E-state index in [0.717, 1.165) is 28.7 Å². The lowest BCUT2D eigenvalue weighted by atomic mass is 10.0. The van der Waals surface area contributed by atoms with Gasteiger partial charge in [0.1, 0.15) is 16.9 Å². The van der Waals surface area contributed by atoms with Gasteiger partial charge >= 0.3 is 5.97 Å².